The van der Waals surface area contributed by atoms with Crippen molar-refractivity contribution in [2.24, 2.45) is 0 Å². The third-order valence-electron chi connectivity index (χ3n) is 7.21. The van der Waals surface area contributed by atoms with Gasteiger partial charge in [0, 0.05) is 18.5 Å². The van der Waals surface area contributed by atoms with Crippen LogP contribution in [0.1, 0.15) is 43.0 Å². The van der Waals surface area contributed by atoms with Crippen LogP contribution in [0.25, 0.3) is 0 Å². The largest absolute Gasteiger partial charge is 0.350 e. The normalized spacial score (nSPS) is 12.3. The number of hydrogen-bond acceptors (Lipinski definition) is 4. The first-order valence-electron chi connectivity index (χ1n) is 14.8. The van der Waals surface area contributed by atoms with Crippen LogP contribution in [0, 0.1) is 19.7 Å². The SMILES string of the molecule is Cc1ccc(S(=O)(=O)N(CC(=O)N(Cc2cccc(C)c2)C(Cc2ccccc2)C(=O)NC(C)(C)C)c2ccccc2F)cc1. The maximum absolute atomic E-state index is 15.3. The third kappa shape index (κ3) is 8.79. The monoisotopic (exact) mass is 629 g/mol. The second-order valence-corrected chi connectivity index (χ2v) is 14.1. The highest BCUT2D eigenvalue weighted by molar-refractivity contribution is 7.92. The number of nitrogens with one attached hydrogen (secondary N) is 1. The number of para-hydroxylation sites is 1. The van der Waals surface area contributed by atoms with E-state index in [1.165, 1.54) is 35.2 Å². The predicted molar refractivity (Wildman–Crippen MR) is 176 cm³/mol. The minimum atomic E-state index is -4.39. The summed E-state index contributed by atoms with van der Waals surface area (Å²) in [6.45, 7) is 8.62. The summed E-state index contributed by atoms with van der Waals surface area (Å²) in [7, 11) is -4.39. The van der Waals surface area contributed by atoms with Crippen molar-refractivity contribution in [3.8, 4) is 0 Å². The molecule has 9 heteroatoms. The molecule has 0 bridgehead atoms. The lowest BCUT2D eigenvalue weighted by molar-refractivity contribution is -0.140. The molecule has 0 saturated heterocycles. The first kappa shape index (κ1) is 33.4. The van der Waals surface area contributed by atoms with E-state index < -0.39 is 39.9 Å². The van der Waals surface area contributed by atoms with Crippen molar-refractivity contribution in [1.29, 1.82) is 0 Å². The number of halogens is 1. The second-order valence-electron chi connectivity index (χ2n) is 12.2. The Bertz CT molecular complexity index is 1740. The van der Waals surface area contributed by atoms with E-state index in [9.17, 15) is 18.0 Å². The highest BCUT2D eigenvalue weighted by atomic mass is 32.2. The van der Waals surface area contributed by atoms with Gasteiger partial charge in [0.1, 0.15) is 18.4 Å². The van der Waals surface area contributed by atoms with Crippen LogP contribution in [0.2, 0.25) is 0 Å². The van der Waals surface area contributed by atoms with E-state index >= 15 is 4.39 Å². The van der Waals surface area contributed by atoms with E-state index in [1.807, 2.05) is 89.2 Å². The van der Waals surface area contributed by atoms with Crippen LogP contribution in [-0.4, -0.2) is 43.3 Å². The zero-order valence-corrected chi connectivity index (χ0v) is 27.1. The van der Waals surface area contributed by atoms with Gasteiger partial charge in [0.2, 0.25) is 11.8 Å². The highest BCUT2D eigenvalue weighted by Crippen LogP contribution is 2.27. The first-order valence-corrected chi connectivity index (χ1v) is 16.2. The molecular formula is C36H40FN3O4S. The molecule has 4 rings (SSSR count). The van der Waals surface area contributed by atoms with Crippen LogP contribution >= 0.6 is 0 Å². The molecule has 0 spiro atoms. The summed E-state index contributed by atoms with van der Waals surface area (Å²) in [6, 6.07) is 27.5. The maximum Gasteiger partial charge on any atom is 0.264 e. The Kier molecular flexibility index (Phi) is 10.4. The van der Waals surface area contributed by atoms with Crippen LogP contribution < -0.4 is 9.62 Å². The Morgan fingerprint density at radius 3 is 2.04 bits per heavy atom. The number of carbonyl (C=O) groups excluding carboxylic acids is 2. The summed E-state index contributed by atoms with van der Waals surface area (Å²) in [5, 5.41) is 3.00. The van der Waals surface area contributed by atoms with Gasteiger partial charge in [-0.3, -0.25) is 13.9 Å². The van der Waals surface area contributed by atoms with Crippen molar-refractivity contribution in [3.05, 3.63) is 131 Å². The molecule has 0 aliphatic carbocycles. The van der Waals surface area contributed by atoms with Crippen molar-refractivity contribution in [3.63, 3.8) is 0 Å². The average molecular weight is 630 g/mol. The zero-order chi connectivity index (χ0) is 32.8. The van der Waals surface area contributed by atoms with Gasteiger partial charge in [0.05, 0.1) is 10.6 Å². The van der Waals surface area contributed by atoms with Crippen molar-refractivity contribution >= 4 is 27.5 Å². The molecule has 0 saturated carbocycles. The van der Waals surface area contributed by atoms with Gasteiger partial charge >= 0.3 is 0 Å². The fraction of sp³-hybridized carbons (Fsp3) is 0.278. The van der Waals surface area contributed by atoms with E-state index in [0.717, 1.165) is 32.6 Å². The van der Waals surface area contributed by atoms with Gasteiger partial charge in [-0.15, -0.1) is 0 Å². The van der Waals surface area contributed by atoms with Gasteiger partial charge in [-0.05, 0) is 70.0 Å². The summed E-state index contributed by atoms with van der Waals surface area (Å²) < 4.78 is 44.1. The van der Waals surface area contributed by atoms with Crippen LogP contribution in [0.15, 0.2) is 108 Å². The molecule has 0 aliphatic heterocycles. The average Bonchev–Trinajstić information content (AvgIpc) is 2.98. The molecule has 0 fully saturated rings. The lowest BCUT2D eigenvalue weighted by atomic mass is 10.0. The molecule has 4 aromatic carbocycles. The zero-order valence-electron chi connectivity index (χ0n) is 26.3. The molecule has 0 heterocycles. The Hall–Kier alpha value is -4.50. The fourth-order valence-electron chi connectivity index (χ4n) is 5.02. The molecule has 45 heavy (non-hydrogen) atoms. The van der Waals surface area contributed by atoms with Gasteiger partial charge in [0.25, 0.3) is 10.0 Å². The summed E-state index contributed by atoms with van der Waals surface area (Å²) in [6.07, 6.45) is 0.185. The summed E-state index contributed by atoms with van der Waals surface area (Å²) in [5.74, 6) is -1.83. The molecule has 236 valence electrons. The molecule has 1 N–H and O–H groups in total. The maximum atomic E-state index is 15.3. The molecule has 1 atom stereocenters. The van der Waals surface area contributed by atoms with E-state index in [4.69, 9.17) is 0 Å². The number of anilines is 1. The number of nitrogens with zero attached hydrogens (tertiary/aromatic N) is 2. The Morgan fingerprint density at radius 1 is 0.800 bits per heavy atom. The van der Waals surface area contributed by atoms with E-state index in [0.29, 0.717) is 0 Å². The Labute approximate surface area is 265 Å². The Balaban J connectivity index is 1.83. The van der Waals surface area contributed by atoms with Gasteiger partial charge in [0.15, 0.2) is 0 Å². The molecule has 4 aromatic rings. The second kappa shape index (κ2) is 14.1. The van der Waals surface area contributed by atoms with Gasteiger partial charge in [-0.1, -0.05) is 90.0 Å². The number of hydrogen-bond donors (Lipinski definition) is 1. The molecule has 2 amide bonds. The van der Waals surface area contributed by atoms with E-state index in [-0.39, 0.29) is 29.5 Å². The molecule has 7 nitrogen and oxygen atoms in total. The molecule has 0 aromatic heterocycles. The molecule has 0 aliphatic rings. The fourth-order valence-corrected chi connectivity index (χ4v) is 6.44. The number of sulfonamides is 1. The number of amides is 2. The number of aryl methyl sites for hydroxylation is 2. The van der Waals surface area contributed by atoms with Crippen LogP contribution in [0.3, 0.4) is 0 Å². The minimum absolute atomic E-state index is 0.0330. The van der Waals surface area contributed by atoms with Gasteiger partial charge in [-0.25, -0.2) is 12.8 Å². The highest BCUT2D eigenvalue weighted by Gasteiger charge is 2.36. The van der Waals surface area contributed by atoms with Crippen LogP contribution in [0.4, 0.5) is 10.1 Å². The van der Waals surface area contributed by atoms with Crippen LogP contribution in [-0.2, 0) is 32.6 Å². The van der Waals surface area contributed by atoms with E-state index in [1.54, 1.807) is 12.1 Å². The van der Waals surface area contributed by atoms with Crippen molar-refractivity contribution in [1.82, 2.24) is 10.2 Å². The summed E-state index contributed by atoms with van der Waals surface area (Å²) in [4.78, 5) is 29.7. The van der Waals surface area contributed by atoms with Crippen molar-refractivity contribution < 1.29 is 22.4 Å². The minimum Gasteiger partial charge on any atom is -0.350 e. The number of carbonyl (C=O) groups is 2. The summed E-state index contributed by atoms with van der Waals surface area (Å²) in [5.41, 5.74) is 2.54. The molecular weight excluding hydrogens is 589 g/mol. The quantitative estimate of drug-likeness (QED) is 0.214. The third-order valence-corrected chi connectivity index (χ3v) is 8.99. The number of benzene rings is 4. The van der Waals surface area contributed by atoms with E-state index in [2.05, 4.69) is 5.32 Å². The standard InChI is InChI=1S/C36H40FN3O4S/c1-26-18-20-30(21-19-26)45(43,44)40(32-17-10-9-16-31(32)37)25-34(41)39(24-29-15-11-12-27(2)22-29)33(35(42)38-36(3,4)5)23-28-13-7-6-8-14-28/h6-22,33H,23-25H2,1-5H3,(H,38,42). The lowest BCUT2D eigenvalue weighted by Crippen LogP contribution is -2.56. The smallest absolute Gasteiger partial charge is 0.264 e. The van der Waals surface area contributed by atoms with Gasteiger partial charge < -0.3 is 10.2 Å². The molecule has 1 unspecified atom stereocenters. The molecule has 0 radical (unpaired) electrons. The Morgan fingerprint density at radius 2 is 1.42 bits per heavy atom. The number of rotatable bonds is 11. The lowest BCUT2D eigenvalue weighted by Gasteiger charge is -2.35. The van der Waals surface area contributed by atoms with Crippen LogP contribution in [0.5, 0.6) is 0 Å². The van der Waals surface area contributed by atoms with Gasteiger partial charge in [-0.2, -0.15) is 0 Å². The first-order chi connectivity index (χ1) is 21.2. The summed E-state index contributed by atoms with van der Waals surface area (Å²) >= 11 is 0. The van der Waals surface area contributed by atoms with Crippen molar-refractivity contribution in [2.75, 3.05) is 10.8 Å². The van der Waals surface area contributed by atoms with Crippen molar-refractivity contribution in [2.45, 2.75) is 64.1 Å². The predicted octanol–water partition coefficient (Wildman–Crippen LogP) is 6.19. The topological polar surface area (TPSA) is 86.8 Å².